The number of anilines is 1. The standard InChI is InChI=1S/C20H18N4O2/c1-14-19(25)22-18-6-3-2-5-16(18)13-23(14)20(26)15-7-9-17(10-8-15)24-12-4-11-21-24/h2-12,14H,13H2,1H3,(H,22,25)/t14-/m0/s1. The number of nitrogens with one attached hydrogen (secondary N) is 1. The van der Waals surface area contributed by atoms with E-state index in [0.717, 1.165) is 16.9 Å². The van der Waals surface area contributed by atoms with Crippen LogP contribution in [0.4, 0.5) is 5.69 Å². The molecule has 26 heavy (non-hydrogen) atoms. The highest BCUT2D eigenvalue weighted by atomic mass is 16.2. The van der Waals surface area contributed by atoms with Gasteiger partial charge in [0.05, 0.1) is 5.69 Å². The van der Waals surface area contributed by atoms with Crippen LogP contribution in [0.2, 0.25) is 0 Å². The van der Waals surface area contributed by atoms with E-state index >= 15 is 0 Å². The van der Waals surface area contributed by atoms with Crippen molar-refractivity contribution in [3.8, 4) is 5.69 Å². The van der Waals surface area contributed by atoms with Crippen LogP contribution in [0, 0.1) is 0 Å². The van der Waals surface area contributed by atoms with Crippen molar-refractivity contribution in [2.75, 3.05) is 5.32 Å². The summed E-state index contributed by atoms with van der Waals surface area (Å²) >= 11 is 0. The lowest BCUT2D eigenvalue weighted by Gasteiger charge is -2.26. The zero-order valence-electron chi connectivity index (χ0n) is 14.3. The van der Waals surface area contributed by atoms with Crippen LogP contribution in [-0.4, -0.2) is 32.5 Å². The minimum Gasteiger partial charge on any atom is -0.324 e. The molecule has 130 valence electrons. The Bertz CT molecular complexity index is 948. The molecule has 6 heteroatoms. The van der Waals surface area contributed by atoms with Gasteiger partial charge in [0.15, 0.2) is 0 Å². The molecule has 0 unspecified atom stereocenters. The van der Waals surface area contributed by atoms with E-state index in [1.54, 1.807) is 34.8 Å². The van der Waals surface area contributed by atoms with E-state index in [1.807, 2.05) is 48.7 Å². The molecule has 0 aliphatic carbocycles. The van der Waals surface area contributed by atoms with Crippen molar-refractivity contribution in [2.24, 2.45) is 0 Å². The van der Waals surface area contributed by atoms with E-state index in [1.165, 1.54) is 0 Å². The molecule has 0 bridgehead atoms. The van der Waals surface area contributed by atoms with Crippen molar-refractivity contribution in [3.63, 3.8) is 0 Å². The molecule has 1 N–H and O–H groups in total. The summed E-state index contributed by atoms with van der Waals surface area (Å²) in [6.45, 7) is 2.13. The van der Waals surface area contributed by atoms with E-state index in [0.29, 0.717) is 12.1 Å². The highest BCUT2D eigenvalue weighted by Gasteiger charge is 2.30. The molecular weight excluding hydrogens is 328 g/mol. The number of carbonyl (C=O) groups excluding carboxylic acids is 2. The number of benzene rings is 2. The quantitative estimate of drug-likeness (QED) is 0.776. The first-order chi connectivity index (χ1) is 12.6. The summed E-state index contributed by atoms with van der Waals surface area (Å²) in [6, 6.07) is 16.1. The summed E-state index contributed by atoms with van der Waals surface area (Å²) in [5, 5.41) is 7.07. The molecule has 0 saturated carbocycles. The van der Waals surface area contributed by atoms with Gasteiger partial charge in [-0.15, -0.1) is 0 Å². The molecule has 1 atom stereocenters. The van der Waals surface area contributed by atoms with Crippen LogP contribution in [0.5, 0.6) is 0 Å². The Hall–Kier alpha value is -3.41. The van der Waals surface area contributed by atoms with Crippen LogP contribution < -0.4 is 5.32 Å². The maximum absolute atomic E-state index is 13.0. The highest BCUT2D eigenvalue weighted by Crippen LogP contribution is 2.24. The van der Waals surface area contributed by atoms with Gasteiger partial charge in [0.1, 0.15) is 6.04 Å². The zero-order valence-corrected chi connectivity index (χ0v) is 14.3. The van der Waals surface area contributed by atoms with Crippen LogP contribution in [-0.2, 0) is 11.3 Å². The number of carbonyl (C=O) groups is 2. The average Bonchev–Trinajstić information content (AvgIpc) is 3.17. The lowest BCUT2D eigenvalue weighted by atomic mass is 10.1. The molecule has 0 radical (unpaired) electrons. The van der Waals surface area contributed by atoms with E-state index in [-0.39, 0.29) is 11.8 Å². The van der Waals surface area contributed by atoms with E-state index in [9.17, 15) is 9.59 Å². The Morgan fingerprint density at radius 2 is 1.88 bits per heavy atom. The van der Waals surface area contributed by atoms with Gasteiger partial charge >= 0.3 is 0 Å². The lowest BCUT2D eigenvalue weighted by molar-refractivity contribution is -0.119. The molecule has 2 amide bonds. The van der Waals surface area contributed by atoms with Gasteiger partial charge in [0.25, 0.3) is 5.91 Å². The first kappa shape index (κ1) is 16.1. The second kappa shape index (κ2) is 6.48. The highest BCUT2D eigenvalue weighted by molar-refractivity contribution is 6.02. The predicted molar refractivity (Wildman–Crippen MR) is 98.0 cm³/mol. The third kappa shape index (κ3) is 2.86. The molecule has 0 spiro atoms. The number of nitrogens with zero attached hydrogens (tertiary/aromatic N) is 3. The number of rotatable bonds is 2. The zero-order chi connectivity index (χ0) is 18.1. The largest absolute Gasteiger partial charge is 0.324 e. The number of hydrogen-bond acceptors (Lipinski definition) is 3. The SMILES string of the molecule is C[C@H]1C(=O)Nc2ccccc2CN1C(=O)c1ccc(-n2cccn2)cc1. The second-order valence-electron chi connectivity index (χ2n) is 6.25. The fourth-order valence-corrected chi connectivity index (χ4v) is 3.07. The number of fused-ring (bicyclic) bond motifs is 1. The molecular formula is C20H18N4O2. The number of hydrogen-bond donors (Lipinski definition) is 1. The molecule has 6 nitrogen and oxygen atoms in total. The maximum atomic E-state index is 13.0. The fraction of sp³-hybridized carbons (Fsp3) is 0.150. The van der Waals surface area contributed by atoms with Crippen LogP contribution in [0.1, 0.15) is 22.8 Å². The molecule has 3 aromatic rings. The monoisotopic (exact) mass is 346 g/mol. The minimum atomic E-state index is -0.555. The lowest BCUT2D eigenvalue weighted by Crippen LogP contribution is -2.43. The summed E-state index contributed by atoms with van der Waals surface area (Å²) in [5.41, 5.74) is 3.10. The van der Waals surface area contributed by atoms with E-state index in [4.69, 9.17) is 0 Å². The van der Waals surface area contributed by atoms with Crippen molar-refractivity contribution in [2.45, 2.75) is 19.5 Å². The van der Waals surface area contributed by atoms with Crippen LogP contribution in [0.15, 0.2) is 67.0 Å². The minimum absolute atomic E-state index is 0.170. The van der Waals surface area contributed by atoms with Crippen molar-refractivity contribution >= 4 is 17.5 Å². The molecule has 1 aromatic heterocycles. The Balaban J connectivity index is 1.63. The first-order valence-electron chi connectivity index (χ1n) is 8.43. The normalized spacial score (nSPS) is 16.6. The Morgan fingerprint density at radius 3 is 2.62 bits per heavy atom. The van der Waals surface area contributed by atoms with Gasteiger partial charge in [0.2, 0.25) is 5.91 Å². The molecule has 1 aliphatic heterocycles. The van der Waals surface area contributed by atoms with Crippen LogP contribution in [0.25, 0.3) is 5.69 Å². The van der Waals surface area contributed by atoms with Gasteiger partial charge in [-0.25, -0.2) is 4.68 Å². The number of para-hydroxylation sites is 1. The molecule has 2 heterocycles. The number of aromatic nitrogens is 2. The molecule has 2 aromatic carbocycles. The summed E-state index contributed by atoms with van der Waals surface area (Å²) in [5.74, 6) is -0.354. The van der Waals surface area contributed by atoms with E-state index in [2.05, 4.69) is 10.4 Å². The second-order valence-corrected chi connectivity index (χ2v) is 6.25. The van der Waals surface area contributed by atoms with Gasteiger partial charge in [0, 0.05) is 30.2 Å². The van der Waals surface area contributed by atoms with Gasteiger partial charge < -0.3 is 10.2 Å². The summed E-state index contributed by atoms with van der Waals surface area (Å²) < 4.78 is 1.73. The van der Waals surface area contributed by atoms with Gasteiger partial charge in [-0.1, -0.05) is 18.2 Å². The van der Waals surface area contributed by atoms with Crippen LogP contribution in [0.3, 0.4) is 0 Å². The predicted octanol–water partition coefficient (Wildman–Crippen LogP) is 2.86. The molecule has 4 rings (SSSR count). The topological polar surface area (TPSA) is 67.2 Å². The van der Waals surface area contributed by atoms with Crippen molar-refractivity contribution < 1.29 is 9.59 Å². The van der Waals surface area contributed by atoms with Gasteiger partial charge in [-0.2, -0.15) is 5.10 Å². The van der Waals surface area contributed by atoms with Crippen LogP contribution >= 0.6 is 0 Å². The Kier molecular flexibility index (Phi) is 4.01. The van der Waals surface area contributed by atoms with Gasteiger partial charge in [-0.3, -0.25) is 9.59 Å². The Labute approximate surface area is 151 Å². The van der Waals surface area contributed by atoms with Crippen molar-refractivity contribution in [3.05, 3.63) is 78.1 Å². The summed E-state index contributed by atoms with van der Waals surface area (Å²) in [4.78, 5) is 27.1. The fourth-order valence-electron chi connectivity index (χ4n) is 3.07. The average molecular weight is 346 g/mol. The smallest absolute Gasteiger partial charge is 0.254 e. The summed E-state index contributed by atoms with van der Waals surface area (Å²) in [6.07, 6.45) is 3.54. The third-order valence-electron chi connectivity index (χ3n) is 4.61. The molecule has 0 fully saturated rings. The summed E-state index contributed by atoms with van der Waals surface area (Å²) in [7, 11) is 0. The number of amides is 2. The maximum Gasteiger partial charge on any atom is 0.254 e. The van der Waals surface area contributed by atoms with Gasteiger partial charge in [-0.05, 0) is 48.9 Å². The van der Waals surface area contributed by atoms with E-state index < -0.39 is 6.04 Å². The van der Waals surface area contributed by atoms with Crippen molar-refractivity contribution in [1.82, 2.24) is 14.7 Å². The molecule has 1 aliphatic rings. The van der Waals surface area contributed by atoms with Crippen molar-refractivity contribution in [1.29, 1.82) is 0 Å². The first-order valence-corrected chi connectivity index (χ1v) is 8.43. The molecule has 0 saturated heterocycles. The third-order valence-corrected chi connectivity index (χ3v) is 4.61. The Morgan fingerprint density at radius 1 is 1.12 bits per heavy atom.